The molecule has 0 aliphatic heterocycles. The molecular formula is C25H21FN2O. The van der Waals surface area contributed by atoms with Crippen LogP contribution in [-0.2, 0) is 11.2 Å². The Morgan fingerprint density at radius 1 is 1.03 bits per heavy atom. The first-order chi connectivity index (χ1) is 14.0. The lowest BCUT2D eigenvalue weighted by atomic mass is 10.0. The number of nitriles is 1. The van der Waals surface area contributed by atoms with Gasteiger partial charge in [-0.1, -0.05) is 54.6 Å². The summed E-state index contributed by atoms with van der Waals surface area (Å²) in [4.78, 5) is 12.5. The van der Waals surface area contributed by atoms with E-state index < -0.39 is 5.91 Å². The standard InChI is InChI=1S/C25H21FN2O/c1-17-6-5-9-24(18(17)2)28-25(29)22(16-27)15-20-12-10-19(11-13-20)14-21-7-3-4-8-23(21)26/h3-13,15H,14H2,1-2H3,(H,28,29)/b22-15+. The SMILES string of the molecule is Cc1cccc(NC(=O)/C(C#N)=C/c2ccc(Cc3ccccc3F)cc2)c1C. The van der Waals surface area contributed by atoms with Gasteiger partial charge >= 0.3 is 0 Å². The molecule has 3 nitrogen and oxygen atoms in total. The van der Waals surface area contributed by atoms with Gasteiger partial charge < -0.3 is 5.32 Å². The zero-order valence-electron chi connectivity index (χ0n) is 16.4. The molecule has 0 fully saturated rings. The van der Waals surface area contributed by atoms with Gasteiger partial charge in [0.05, 0.1) is 0 Å². The summed E-state index contributed by atoms with van der Waals surface area (Å²) in [6.07, 6.45) is 2.03. The van der Waals surface area contributed by atoms with Gasteiger partial charge in [0.1, 0.15) is 17.5 Å². The van der Waals surface area contributed by atoms with Gasteiger partial charge in [-0.2, -0.15) is 5.26 Å². The molecule has 0 saturated heterocycles. The van der Waals surface area contributed by atoms with Crippen molar-refractivity contribution in [1.29, 1.82) is 5.26 Å². The molecule has 0 heterocycles. The minimum atomic E-state index is -0.448. The quantitative estimate of drug-likeness (QED) is 0.461. The van der Waals surface area contributed by atoms with E-state index in [0.29, 0.717) is 17.7 Å². The lowest BCUT2D eigenvalue weighted by Gasteiger charge is -2.10. The Balaban J connectivity index is 1.75. The molecular weight excluding hydrogens is 363 g/mol. The van der Waals surface area contributed by atoms with Crippen LogP contribution >= 0.6 is 0 Å². The number of anilines is 1. The highest BCUT2D eigenvalue weighted by Crippen LogP contribution is 2.20. The fourth-order valence-electron chi connectivity index (χ4n) is 2.98. The van der Waals surface area contributed by atoms with E-state index >= 15 is 0 Å². The van der Waals surface area contributed by atoms with Crippen LogP contribution < -0.4 is 5.32 Å². The first-order valence-electron chi connectivity index (χ1n) is 9.29. The number of carbonyl (C=O) groups is 1. The molecule has 1 amide bonds. The largest absolute Gasteiger partial charge is 0.321 e. The van der Waals surface area contributed by atoms with Crippen LogP contribution in [0.2, 0.25) is 0 Å². The number of rotatable bonds is 5. The summed E-state index contributed by atoms with van der Waals surface area (Å²) in [7, 11) is 0. The molecule has 0 spiro atoms. The summed E-state index contributed by atoms with van der Waals surface area (Å²) in [6.45, 7) is 3.89. The van der Waals surface area contributed by atoms with Crippen molar-refractivity contribution in [3.8, 4) is 6.07 Å². The average molecular weight is 384 g/mol. The van der Waals surface area contributed by atoms with Crippen molar-refractivity contribution < 1.29 is 9.18 Å². The molecule has 0 aromatic heterocycles. The fourth-order valence-corrected chi connectivity index (χ4v) is 2.98. The van der Waals surface area contributed by atoms with Crippen molar-refractivity contribution in [2.24, 2.45) is 0 Å². The Bertz CT molecular complexity index is 1110. The Labute approximate surface area is 170 Å². The molecule has 144 valence electrons. The first kappa shape index (κ1) is 20.0. The number of carbonyl (C=O) groups excluding carboxylic acids is 1. The van der Waals surface area contributed by atoms with E-state index in [0.717, 1.165) is 22.3 Å². The zero-order valence-corrected chi connectivity index (χ0v) is 16.4. The molecule has 0 radical (unpaired) electrons. The lowest BCUT2D eigenvalue weighted by molar-refractivity contribution is -0.112. The summed E-state index contributed by atoms with van der Waals surface area (Å²) in [5.41, 5.74) is 5.05. The van der Waals surface area contributed by atoms with Crippen molar-refractivity contribution in [2.45, 2.75) is 20.3 Å². The zero-order chi connectivity index (χ0) is 20.8. The highest BCUT2D eigenvalue weighted by atomic mass is 19.1. The summed E-state index contributed by atoms with van der Waals surface area (Å²) in [5.74, 6) is -0.678. The third-order valence-electron chi connectivity index (χ3n) is 4.86. The Hall–Kier alpha value is -3.71. The molecule has 1 N–H and O–H groups in total. The van der Waals surface area contributed by atoms with Gasteiger partial charge in [0.15, 0.2) is 0 Å². The second kappa shape index (κ2) is 8.99. The number of hydrogen-bond donors (Lipinski definition) is 1. The number of halogens is 1. The third kappa shape index (κ3) is 4.97. The topological polar surface area (TPSA) is 52.9 Å². The molecule has 3 rings (SSSR count). The average Bonchev–Trinajstić information content (AvgIpc) is 2.72. The van der Waals surface area contributed by atoms with Crippen molar-refractivity contribution in [3.63, 3.8) is 0 Å². The van der Waals surface area contributed by atoms with Gasteiger partial charge in [0, 0.05) is 12.1 Å². The monoisotopic (exact) mass is 384 g/mol. The molecule has 4 heteroatoms. The van der Waals surface area contributed by atoms with Crippen molar-refractivity contribution in [1.82, 2.24) is 0 Å². The number of nitrogens with zero attached hydrogens (tertiary/aromatic N) is 1. The molecule has 0 bridgehead atoms. The molecule has 0 aliphatic carbocycles. The highest BCUT2D eigenvalue weighted by molar-refractivity contribution is 6.10. The molecule has 3 aromatic rings. The van der Waals surface area contributed by atoms with E-state index in [4.69, 9.17) is 0 Å². The molecule has 0 atom stereocenters. The molecule has 3 aromatic carbocycles. The molecule has 0 aliphatic rings. The van der Waals surface area contributed by atoms with Gasteiger partial charge in [0.2, 0.25) is 0 Å². The third-order valence-corrected chi connectivity index (χ3v) is 4.86. The predicted octanol–water partition coefficient (Wildman–Crippen LogP) is 5.58. The van der Waals surface area contributed by atoms with Crippen LogP contribution in [-0.4, -0.2) is 5.91 Å². The van der Waals surface area contributed by atoms with Crippen LogP contribution in [0, 0.1) is 31.0 Å². The normalized spacial score (nSPS) is 11.0. The Kier molecular flexibility index (Phi) is 6.21. The Morgan fingerprint density at radius 2 is 1.76 bits per heavy atom. The van der Waals surface area contributed by atoms with Crippen LogP contribution in [0.3, 0.4) is 0 Å². The lowest BCUT2D eigenvalue weighted by Crippen LogP contribution is -2.14. The highest BCUT2D eigenvalue weighted by Gasteiger charge is 2.11. The van der Waals surface area contributed by atoms with Crippen LogP contribution in [0.1, 0.15) is 27.8 Å². The summed E-state index contributed by atoms with van der Waals surface area (Å²) >= 11 is 0. The van der Waals surface area contributed by atoms with E-state index in [1.54, 1.807) is 18.2 Å². The predicted molar refractivity (Wildman–Crippen MR) is 114 cm³/mol. The van der Waals surface area contributed by atoms with Crippen molar-refractivity contribution in [3.05, 3.63) is 106 Å². The van der Waals surface area contributed by atoms with E-state index in [2.05, 4.69) is 5.32 Å². The number of amides is 1. The van der Waals surface area contributed by atoms with Crippen LogP contribution in [0.25, 0.3) is 6.08 Å². The number of benzene rings is 3. The first-order valence-corrected chi connectivity index (χ1v) is 9.29. The summed E-state index contributed by atoms with van der Waals surface area (Å²) in [6, 6.07) is 21.7. The second-order valence-electron chi connectivity index (χ2n) is 6.88. The van der Waals surface area contributed by atoms with E-state index in [9.17, 15) is 14.4 Å². The van der Waals surface area contributed by atoms with Crippen molar-refractivity contribution in [2.75, 3.05) is 5.32 Å². The van der Waals surface area contributed by atoms with Gasteiger partial charge in [0.25, 0.3) is 5.91 Å². The van der Waals surface area contributed by atoms with Gasteiger partial charge in [-0.05, 0) is 59.9 Å². The van der Waals surface area contributed by atoms with Crippen molar-refractivity contribution >= 4 is 17.7 Å². The minimum Gasteiger partial charge on any atom is -0.321 e. The van der Waals surface area contributed by atoms with Gasteiger partial charge in [-0.25, -0.2) is 4.39 Å². The maximum Gasteiger partial charge on any atom is 0.266 e. The van der Waals surface area contributed by atoms with Gasteiger partial charge in [-0.15, -0.1) is 0 Å². The van der Waals surface area contributed by atoms with E-state index in [-0.39, 0.29) is 11.4 Å². The number of hydrogen-bond acceptors (Lipinski definition) is 2. The fraction of sp³-hybridized carbons (Fsp3) is 0.120. The van der Waals surface area contributed by atoms with E-state index in [1.807, 2.05) is 68.4 Å². The number of nitrogens with one attached hydrogen (secondary N) is 1. The number of aryl methyl sites for hydroxylation is 1. The van der Waals surface area contributed by atoms with Crippen LogP contribution in [0.5, 0.6) is 0 Å². The summed E-state index contributed by atoms with van der Waals surface area (Å²) < 4.78 is 13.8. The Morgan fingerprint density at radius 3 is 2.45 bits per heavy atom. The smallest absolute Gasteiger partial charge is 0.266 e. The second-order valence-corrected chi connectivity index (χ2v) is 6.88. The van der Waals surface area contributed by atoms with Crippen LogP contribution in [0.4, 0.5) is 10.1 Å². The molecule has 0 unspecified atom stereocenters. The molecule has 29 heavy (non-hydrogen) atoms. The van der Waals surface area contributed by atoms with Gasteiger partial charge in [-0.3, -0.25) is 4.79 Å². The maximum absolute atomic E-state index is 13.8. The maximum atomic E-state index is 13.8. The summed E-state index contributed by atoms with van der Waals surface area (Å²) in [5, 5.41) is 12.2. The molecule has 0 saturated carbocycles. The minimum absolute atomic E-state index is 0.0211. The van der Waals surface area contributed by atoms with Crippen LogP contribution in [0.15, 0.2) is 72.3 Å². The van der Waals surface area contributed by atoms with E-state index in [1.165, 1.54) is 6.07 Å².